The molecule has 1 aliphatic rings. The monoisotopic (exact) mass is 356 g/mol. The first-order valence-corrected chi connectivity index (χ1v) is 10.0. The Labute approximate surface area is 154 Å². The lowest BCUT2D eigenvalue weighted by Crippen LogP contribution is -2.36. The molecular weight excluding hydrogens is 328 g/mol. The van der Waals surface area contributed by atoms with Crippen LogP contribution in [0, 0.1) is 5.92 Å². The molecule has 0 saturated carbocycles. The van der Waals surface area contributed by atoms with Crippen molar-refractivity contribution in [1.82, 2.24) is 4.90 Å². The third kappa shape index (κ3) is 5.58. The number of rotatable bonds is 6. The Hall–Kier alpha value is -1.85. The highest BCUT2D eigenvalue weighted by molar-refractivity contribution is 7.09. The molecular formula is C20H28N4S. The maximum Gasteiger partial charge on any atom is 0.193 e. The molecule has 2 heterocycles. The van der Waals surface area contributed by atoms with E-state index in [0.717, 1.165) is 31.7 Å². The standard InChI is InChI=1S/C20H28N4S/c1-2-16-7-9-18(10-8-16)23-20(21)22-13-17-5-3-11-24(14-17)15-19-6-4-12-25-19/h4,6-10,12,17H,2-3,5,11,13-15H2,1H3,(H3,21,22,23). The Morgan fingerprint density at radius 2 is 2.16 bits per heavy atom. The van der Waals surface area contributed by atoms with Crippen LogP contribution < -0.4 is 11.1 Å². The van der Waals surface area contributed by atoms with Crippen molar-refractivity contribution >= 4 is 23.0 Å². The second-order valence-corrected chi connectivity index (χ2v) is 7.76. The highest BCUT2D eigenvalue weighted by atomic mass is 32.1. The average molecular weight is 357 g/mol. The van der Waals surface area contributed by atoms with E-state index in [2.05, 4.69) is 63.9 Å². The van der Waals surface area contributed by atoms with Gasteiger partial charge in [0.2, 0.25) is 0 Å². The molecule has 1 aromatic carbocycles. The third-order valence-corrected chi connectivity index (χ3v) is 5.58. The van der Waals surface area contributed by atoms with Gasteiger partial charge >= 0.3 is 0 Å². The average Bonchev–Trinajstić information content (AvgIpc) is 3.14. The van der Waals surface area contributed by atoms with Crippen LogP contribution in [0.15, 0.2) is 46.8 Å². The maximum absolute atomic E-state index is 6.06. The Bertz CT molecular complexity index is 664. The molecule has 0 spiro atoms. The van der Waals surface area contributed by atoms with Gasteiger partial charge in [0.1, 0.15) is 0 Å². The molecule has 134 valence electrons. The Morgan fingerprint density at radius 3 is 2.88 bits per heavy atom. The highest BCUT2D eigenvalue weighted by Crippen LogP contribution is 2.20. The minimum Gasteiger partial charge on any atom is -0.370 e. The number of aliphatic imine (C=N–C) groups is 1. The van der Waals surface area contributed by atoms with Gasteiger partial charge in [0.25, 0.3) is 0 Å². The molecule has 0 amide bonds. The van der Waals surface area contributed by atoms with Gasteiger partial charge in [-0.25, -0.2) is 0 Å². The first-order chi connectivity index (χ1) is 12.2. The van der Waals surface area contributed by atoms with Crippen molar-refractivity contribution in [2.75, 3.05) is 25.0 Å². The topological polar surface area (TPSA) is 53.6 Å². The van der Waals surface area contributed by atoms with Gasteiger partial charge in [-0.15, -0.1) is 11.3 Å². The van der Waals surface area contributed by atoms with Crippen LogP contribution in [0.4, 0.5) is 5.69 Å². The van der Waals surface area contributed by atoms with Crippen LogP contribution in [0.1, 0.15) is 30.2 Å². The quantitative estimate of drug-likeness (QED) is 0.609. The van der Waals surface area contributed by atoms with E-state index in [1.54, 1.807) is 0 Å². The van der Waals surface area contributed by atoms with E-state index in [0.29, 0.717) is 11.9 Å². The Morgan fingerprint density at radius 1 is 1.32 bits per heavy atom. The number of aryl methyl sites for hydroxylation is 1. The van der Waals surface area contributed by atoms with E-state index in [1.165, 1.54) is 29.8 Å². The van der Waals surface area contributed by atoms with Gasteiger partial charge in [-0.05, 0) is 60.9 Å². The van der Waals surface area contributed by atoms with Gasteiger partial charge in [0, 0.05) is 30.2 Å². The molecule has 0 bridgehead atoms. The number of benzene rings is 1. The predicted molar refractivity (Wildman–Crippen MR) is 108 cm³/mol. The molecule has 1 saturated heterocycles. The molecule has 1 aromatic heterocycles. The van der Waals surface area contributed by atoms with Gasteiger partial charge in [-0.1, -0.05) is 25.1 Å². The summed E-state index contributed by atoms with van der Waals surface area (Å²) in [4.78, 5) is 8.57. The minimum absolute atomic E-state index is 0.514. The van der Waals surface area contributed by atoms with E-state index >= 15 is 0 Å². The number of nitrogens with one attached hydrogen (secondary N) is 1. The first kappa shape index (κ1) is 18.0. The van der Waals surface area contributed by atoms with Crippen molar-refractivity contribution in [3.05, 3.63) is 52.2 Å². The molecule has 25 heavy (non-hydrogen) atoms. The molecule has 0 aliphatic carbocycles. The zero-order valence-corrected chi connectivity index (χ0v) is 15.8. The van der Waals surface area contributed by atoms with Crippen molar-refractivity contribution in [3.63, 3.8) is 0 Å². The van der Waals surface area contributed by atoms with Crippen molar-refractivity contribution in [1.29, 1.82) is 0 Å². The van der Waals surface area contributed by atoms with E-state index in [9.17, 15) is 0 Å². The van der Waals surface area contributed by atoms with Gasteiger partial charge in [-0.3, -0.25) is 9.89 Å². The summed E-state index contributed by atoms with van der Waals surface area (Å²) in [7, 11) is 0. The summed E-state index contributed by atoms with van der Waals surface area (Å²) in [5.41, 5.74) is 8.39. The van der Waals surface area contributed by atoms with Crippen LogP contribution in [-0.2, 0) is 13.0 Å². The number of piperidine rings is 1. The number of hydrogen-bond donors (Lipinski definition) is 2. The van der Waals surface area contributed by atoms with Crippen LogP contribution in [0.3, 0.4) is 0 Å². The summed E-state index contributed by atoms with van der Waals surface area (Å²) < 4.78 is 0. The van der Waals surface area contributed by atoms with Crippen molar-refractivity contribution < 1.29 is 0 Å². The van der Waals surface area contributed by atoms with Gasteiger partial charge < -0.3 is 11.1 Å². The molecule has 1 aliphatic heterocycles. The fraction of sp³-hybridized carbons (Fsp3) is 0.450. The Kier molecular flexibility index (Phi) is 6.48. The summed E-state index contributed by atoms with van der Waals surface area (Å²) in [5.74, 6) is 1.11. The summed E-state index contributed by atoms with van der Waals surface area (Å²) in [6, 6.07) is 12.7. The lowest BCUT2D eigenvalue weighted by Gasteiger charge is -2.31. The molecule has 5 heteroatoms. The van der Waals surface area contributed by atoms with E-state index in [1.807, 2.05) is 11.3 Å². The van der Waals surface area contributed by atoms with Crippen LogP contribution in [0.25, 0.3) is 0 Å². The normalized spacial score (nSPS) is 19.1. The number of nitrogens with zero attached hydrogens (tertiary/aromatic N) is 2. The third-order valence-electron chi connectivity index (χ3n) is 4.72. The molecule has 0 radical (unpaired) electrons. The Balaban J connectivity index is 1.48. The number of nitrogens with two attached hydrogens (primary N) is 1. The second-order valence-electron chi connectivity index (χ2n) is 6.72. The number of guanidine groups is 1. The highest BCUT2D eigenvalue weighted by Gasteiger charge is 2.20. The SMILES string of the molecule is CCc1ccc(NC(N)=NCC2CCCN(Cc3cccs3)C2)cc1. The predicted octanol–water partition coefficient (Wildman–Crippen LogP) is 3.95. The molecule has 1 atom stereocenters. The fourth-order valence-electron chi connectivity index (χ4n) is 3.31. The molecule has 3 rings (SSSR count). The summed E-state index contributed by atoms with van der Waals surface area (Å²) in [6.45, 7) is 6.32. The molecule has 2 aromatic rings. The van der Waals surface area contributed by atoms with E-state index < -0.39 is 0 Å². The zero-order chi connectivity index (χ0) is 17.5. The molecule has 1 fully saturated rings. The van der Waals surface area contributed by atoms with E-state index in [-0.39, 0.29) is 0 Å². The number of likely N-dealkylation sites (tertiary alicyclic amines) is 1. The largest absolute Gasteiger partial charge is 0.370 e. The van der Waals surface area contributed by atoms with Crippen LogP contribution in [-0.4, -0.2) is 30.5 Å². The molecule has 4 nitrogen and oxygen atoms in total. The second kappa shape index (κ2) is 9.02. The summed E-state index contributed by atoms with van der Waals surface area (Å²) >= 11 is 1.84. The van der Waals surface area contributed by atoms with Gasteiger partial charge in [-0.2, -0.15) is 0 Å². The van der Waals surface area contributed by atoms with Crippen molar-refractivity contribution in [2.45, 2.75) is 32.7 Å². The van der Waals surface area contributed by atoms with Crippen LogP contribution in [0.2, 0.25) is 0 Å². The van der Waals surface area contributed by atoms with Crippen molar-refractivity contribution in [2.24, 2.45) is 16.6 Å². The zero-order valence-electron chi connectivity index (χ0n) is 14.9. The summed E-state index contributed by atoms with van der Waals surface area (Å²) in [6.07, 6.45) is 3.54. The van der Waals surface area contributed by atoms with Crippen LogP contribution in [0.5, 0.6) is 0 Å². The number of anilines is 1. The van der Waals surface area contributed by atoms with Gasteiger partial charge in [0.05, 0.1) is 0 Å². The minimum atomic E-state index is 0.514. The fourth-order valence-corrected chi connectivity index (χ4v) is 4.05. The molecule has 1 unspecified atom stereocenters. The summed E-state index contributed by atoms with van der Waals surface area (Å²) in [5, 5.41) is 5.35. The molecule has 3 N–H and O–H groups in total. The maximum atomic E-state index is 6.06. The van der Waals surface area contributed by atoms with E-state index in [4.69, 9.17) is 5.73 Å². The smallest absolute Gasteiger partial charge is 0.193 e. The first-order valence-electron chi connectivity index (χ1n) is 9.13. The van der Waals surface area contributed by atoms with Crippen molar-refractivity contribution in [3.8, 4) is 0 Å². The van der Waals surface area contributed by atoms with Gasteiger partial charge in [0.15, 0.2) is 5.96 Å². The number of thiophene rings is 1. The lowest BCUT2D eigenvalue weighted by atomic mass is 9.98. The number of hydrogen-bond acceptors (Lipinski definition) is 3. The lowest BCUT2D eigenvalue weighted by molar-refractivity contribution is 0.172. The van der Waals surface area contributed by atoms with Crippen LogP contribution >= 0.6 is 11.3 Å².